The maximum absolute atomic E-state index is 12.8. The van der Waals surface area contributed by atoms with Crippen LogP contribution in [0.25, 0.3) is 0 Å². The molecule has 1 atom stereocenters. The Balaban J connectivity index is 0.00000220. The highest BCUT2D eigenvalue weighted by molar-refractivity contribution is 5.92. The van der Waals surface area contributed by atoms with Gasteiger partial charge >= 0.3 is 0 Å². The molecule has 0 saturated carbocycles. The van der Waals surface area contributed by atoms with Gasteiger partial charge in [-0.3, -0.25) is 9.69 Å². The Hall–Kier alpha value is -1.17. The molecule has 1 amide bonds. The first-order valence-corrected chi connectivity index (χ1v) is 7.18. The summed E-state index contributed by atoms with van der Waals surface area (Å²) in [5.41, 5.74) is 6.26. The van der Waals surface area contributed by atoms with Crippen molar-refractivity contribution in [3.05, 3.63) is 30.1 Å². The summed E-state index contributed by atoms with van der Waals surface area (Å²) in [7, 11) is 0. The van der Waals surface area contributed by atoms with Gasteiger partial charge < -0.3 is 11.1 Å². The molecule has 3 N–H and O–H groups in total. The van der Waals surface area contributed by atoms with Crippen LogP contribution in [0.15, 0.2) is 24.3 Å². The number of amides is 1. The number of carbonyl (C=O) groups excluding carboxylic acids is 1. The highest BCUT2D eigenvalue weighted by atomic mass is 35.5. The molecule has 4 nitrogen and oxygen atoms in total. The quantitative estimate of drug-likeness (QED) is 0.877. The third-order valence-corrected chi connectivity index (χ3v) is 3.72. The summed E-state index contributed by atoms with van der Waals surface area (Å²) < 4.78 is 12.8. The highest BCUT2D eigenvalue weighted by Crippen LogP contribution is 2.19. The standard InChI is InChI=1S/C15H22FN3O.ClH/c16-12-4-6-13(7-5-12)18-15(20)11-19-10-2-1-3-14(19)8-9-17;/h4-7,14H,1-3,8-11,17H2,(H,18,20);1H. The van der Waals surface area contributed by atoms with E-state index in [1.54, 1.807) is 12.1 Å². The smallest absolute Gasteiger partial charge is 0.238 e. The van der Waals surface area contributed by atoms with Crippen molar-refractivity contribution in [3.8, 4) is 0 Å². The van der Waals surface area contributed by atoms with E-state index in [2.05, 4.69) is 10.2 Å². The Labute approximate surface area is 131 Å². The van der Waals surface area contributed by atoms with Crippen molar-refractivity contribution in [1.29, 1.82) is 0 Å². The van der Waals surface area contributed by atoms with Crippen LogP contribution in [0.1, 0.15) is 25.7 Å². The minimum absolute atomic E-state index is 0. The predicted octanol–water partition coefficient (Wildman–Crippen LogP) is 2.39. The van der Waals surface area contributed by atoms with Crippen molar-refractivity contribution in [3.63, 3.8) is 0 Å². The number of rotatable bonds is 5. The van der Waals surface area contributed by atoms with Gasteiger partial charge in [0, 0.05) is 11.7 Å². The zero-order valence-corrected chi connectivity index (χ0v) is 12.9. The van der Waals surface area contributed by atoms with Gasteiger partial charge in [0.15, 0.2) is 0 Å². The van der Waals surface area contributed by atoms with Gasteiger partial charge in [-0.1, -0.05) is 6.42 Å². The molecule has 118 valence electrons. The Morgan fingerprint density at radius 3 is 2.71 bits per heavy atom. The number of nitrogens with one attached hydrogen (secondary N) is 1. The Morgan fingerprint density at radius 2 is 2.05 bits per heavy atom. The van der Waals surface area contributed by atoms with Gasteiger partial charge in [-0.2, -0.15) is 0 Å². The van der Waals surface area contributed by atoms with Gasteiger partial charge in [-0.25, -0.2) is 4.39 Å². The first-order chi connectivity index (χ1) is 9.69. The van der Waals surface area contributed by atoms with E-state index in [0.717, 1.165) is 25.8 Å². The highest BCUT2D eigenvalue weighted by Gasteiger charge is 2.23. The maximum Gasteiger partial charge on any atom is 0.238 e. The van der Waals surface area contributed by atoms with Crippen LogP contribution in [-0.4, -0.2) is 36.5 Å². The second-order valence-corrected chi connectivity index (χ2v) is 5.25. The Bertz CT molecular complexity index is 439. The molecule has 1 unspecified atom stereocenters. The molecule has 0 bridgehead atoms. The molecule has 0 spiro atoms. The number of halogens is 2. The lowest BCUT2D eigenvalue weighted by Crippen LogP contribution is -2.44. The largest absolute Gasteiger partial charge is 0.330 e. The molecule has 2 rings (SSSR count). The molecule has 6 heteroatoms. The predicted molar refractivity (Wildman–Crippen MR) is 85.2 cm³/mol. The van der Waals surface area contributed by atoms with Crippen LogP contribution in [-0.2, 0) is 4.79 Å². The Morgan fingerprint density at radius 1 is 1.33 bits per heavy atom. The van der Waals surface area contributed by atoms with Crippen LogP contribution in [0.5, 0.6) is 0 Å². The van der Waals surface area contributed by atoms with Gasteiger partial charge in [0.25, 0.3) is 0 Å². The van der Waals surface area contributed by atoms with Crippen LogP contribution in [0.2, 0.25) is 0 Å². The summed E-state index contributed by atoms with van der Waals surface area (Å²) in [6.07, 6.45) is 4.39. The van der Waals surface area contributed by atoms with Crippen molar-refractivity contribution in [2.75, 3.05) is 25.0 Å². The normalized spacial score (nSPS) is 18.9. The number of nitrogens with two attached hydrogens (primary N) is 1. The number of hydrogen-bond donors (Lipinski definition) is 2. The average Bonchev–Trinajstić information content (AvgIpc) is 2.44. The molecule has 0 aromatic heterocycles. The SMILES string of the molecule is Cl.NCCC1CCCCN1CC(=O)Nc1ccc(F)cc1. The number of carbonyl (C=O) groups is 1. The molecule has 1 aliphatic rings. The second kappa shape index (κ2) is 8.97. The van der Waals surface area contributed by atoms with Gasteiger partial charge in [0.1, 0.15) is 5.82 Å². The first-order valence-electron chi connectivity index (χ1n) is 7.18. The summed E-state index contributed by atoms with van der Waals surface area (Å²) in [6.45, 7) is 1.98. The summed E-state index contributed by atoms with van der Waals surface area (Å²) in [6, 6.07) is 6.23. The van der Waals surface area contributed by atoms with Gasteiger partial charge in [-0.05, 0) is 56.6 Å². The lowest BCUT2D eigenvalue weighted by molar-refractivity contribution is -0.118. The number of benzene rings is 1. The van der Waals surface area contributed by atoms with Crippen LogP contribution in [0.4, 0.5) is 10.1 Å². The summed E-state index contributed by atoms with van der Waals surface area (Å²) in [5.74, 6) is -0.359. The van der Waals surface area contributed by atoms with Crippen molar-refractivity contribution >= 4 is 24.0 Å². The lowest BCUT2D eigenvalue weighted by Gasteiger charge is -2.35. The van der Waals surface area contributed by atoms with Crippen LogP contribution in [0.3, 0.4) is 0 Å². The molecular formula is C15H23ClFN3O. The van der Waals surface area contributed by atoms with E-state index in [-0.39, 0.29) is 24.1 Å². The Kier molecular flexibility index (Phi) is 7.64. The van der Waals surface area contributed by atoms with E-state index < -0.39 is 0 Å². The molecule has 1 aromatic rings. The van der Waals surface area contributed by atoms with Crippen molar-refractivity contribution in [2.45, 2.75) is 31.7 Å². The zero-order valence-electron chi connectivity index (χ0n) is 12.1. The monoisotopic (exact) mass is 315 g/mol. The minimum atomic E-state index is -0.304. The molecule has 21 heavy (non-hydrogen) atoms. The van der Waals surface area contributed by atoms with E-state index in [1.165, 1.54) is 18.6 Å². The summed E-state index contributed by atoms with van der Waals surface area (Å²) in [4.78, 5) is 14.2. The minimum Gasteiger partial charge on any atom is -0.330 e. The molecule has 1 saturated heterocycles. The van der Waals surface area contributed by atoms with E-state index in [9.17, 15) is 9.18 Å². The van der Waals surface area contributed by atoms with Crippen LogP contribution in [0, 0.1) is 5.82 Å². The number of nitrogens with zero attached hydrogens (tertiary/aromatic N) is 1. The number of piperidine rings is 1. The average molecular weight is 316 g/mol. The molecule has 1 heterocycles. The fraction of sp³-hybridized carbons (Fsp3) is 0.533. The molecule has 1 aliphatic heterocycles. The summed E-state index contributed by atoms with van der Waals surface area (Å²) in [5, 5.41) is 2.80. The topological polar surface area (TPSA) is 58.4 Å². The first kappa shape index (κ1) is 17.9. The number of likely N-dealkylation sites (tertiary alicyclic amines) is 1. The van der Waals surface area contributed by atoms with E-state index in [0.29, 0.717) is 24.8 Å². The maximum atomic E-state index is 12.8. The molecule has 0 aliphatic carbocycles. The van der Waals surface area contributed by atoms with Gasteiger partial charge in [0.2, 0.25) is 5.91 Å². The second-order valence-electron chi connectivity index (χ2n) is 5.25. The van der Waals surface area contributed by atoms with Crippen molar-refractivity contribution < 1.29 is 9.18 Å². The lowest BCUT2D eigenvalue weighted by atomic mass is 9.99. The third kappa shape index (κ3) is 5.61. The van der Waals surface area contributed by atoms with Crippen LogP contribution < -0.4 is 11.1 Å². The van der Waals surface area contributed by atoms with Crippen LogP contribution >= 0.6 is 12.4 Å². The summed E-state index contributed by atoms with van der Waals surface area (Å²) >= 11 is 0. The van der Waals surface area contributed by atoms with Crippen molar-refractivity contribution in [1.82, 2.24) is 4.90 Å². The van der Waals surface area contributed by atoms with Gasteiger partial charge in [-0.15, -0.1) is 12.4 Å². The molecule has 0 radical (unpaired) electrons. The molecular weight excluding hydrogens is 293 g/mol. The number of hydrogen-bond acceptors (Lipinski definition) is 3. The van der Waals surface area contributed by atoms with E-state index in [4.69, 9.17) is 5.73 Å². The van der Waals surface area contributed by atoms with E-state index >= 15 is 0 Å². The fourth-order valence-electron chi connectivity index (χ4n) is 2.71. The zero-order chi connectivity index (χ0) is 14.4. The van der Waals surface area contributed by atoms with Gasteiger partial charge in [0.05, 0.1) is 6.54 Å². The third-order valence-electron chi connectivity index (χ3n) is 3.72. The molecule has 1 fully saturated rings. The van der Waals surface area contributed by atoms with E-state index in [1.807, 2.05) is 0 Å². The molecule has 1 aromatic carbocycles. The fourth-order valence-corrected chi connectivity index (χ4v) is 2.71. The number of anilines is 1. The van der Waals surface area contributed by atoms with Crippen molar-refractivity contribution in [2.24, 2.45) is 5.73 Å².